The Labute approximate surface area is 75.6 Å². The second-order valence-electron chi connectivity index (χ2n) is 3.14. The van der Waals surface area contributed by atoms with Gasteiger partial charge in [0.1, 0.15) is 0 Å². The van der Waals surface area contributed by atoms with Crippen molar-refractivity contribution >= 4 is 0 Å². The molecule has 0 bridgehead atoms. The highest BCUT2D eigenvalue weighted by Crippen LogP contribution is 1.84. The molecule has 0 aliphatic carbocycles. The Morgan fingerprint density at radius 3 is 2.33 bits per heavy atom. The van der Waals surface area contributed by atoms with Gasteiger partial charge in [0.15, 0.2) is 0 Å². The summed E-state index contributed by atoms with van der Waals surface area (Å²) in [5.41, 5.74) is 0. The van der Waals surface area contributed by atoms with E-state index in [1.807, 2.05) is 0 Å². The van der Waals surface area contributed by atoms with E-state index in [1.54, 1.807) is 0 Å². The van der Waals surface area contributed by atoms with E-state index in [0.29, 0.717) is 0 Å². The molecular formula is C9H20N2O. The van der Waals surface area contributed by atoms with Gasteiger partial charge in [0.05, 0.1) is 12.9 Å². The Balaban J connectivity index is 3.21. The van der Waals surface area contributed by atoms with E-state index < -0.39 is 0 Å². The first-order chi connectivity index (χ1) is 5.66. The Hall–Kier alpha value is -0.540. The largest absolute Gasteiger partial charge is 0.500 e. The minimum Gasteiger partial charge on any atom is -0.500 e. The van der Waals surface area contributed by atoms with Crippen molar-refractivity contribution in [2.75, 3.05) is 47.4 Å². The zero-order chi connectivity index (χ0) is 9.40. The molecule has 0 aromatic carbocycles. The molecule has 0 fully saturated rings. The number of nitrogens with zero attached hydrogens (tertiary/aromatic N) is 2. The molecule has 0 aliphatic heterocycles. The first-order valence-electron chi connectivity index (χ1n) is 4.22. The van der Waals surface area contributed by atoms with Crippen LogP contribution in [0.1, 0.15) is 0 Å². The monoisotopic (exact) mass is 172 g/mol. The normalized spacial score (nSPS) is 10.8. The lowest BCUT2D eigenvalue weighted by atomic mass is 10.5. The predicted octanol–water partition coefficient (Wildman–Crippen LogP) is 0.640. The summed E-state index contributed by atoms with van der Waals surface area (Å²) < 4.78 is 5.02. The minimum absolute atomic E-state index is 0.730. The van der Waals surface area contributed by atoms with E-state index in [-0.39, 0.29) is 0 Å². The van der Waals surface area contributed by atoms with E-state index in [0.717, 1.165) is 26.2 Å². The fraction of sp³-hybridized carbons (Fsp3) is 0.778. The lowest BCUT2D eigenvalue weighted by Gasteiger charge is -2.18. The Morgan fingerprint density at radius 1 is 1.17 bits per heavy atom. The van der Waals surface area contributed by atoms with Crippen molar-refractivity contribution in [3.05, 3.63) is 12.8 Å². The van der Waals surface area contributed by atoms with Gasteiger partial charge < -0.3 is 14.5 Å². The molecule has 0 rings (SSSR count). The minimum atomic E-state index is 0.730. The summed E-state index contributed by atoms with van der Waals surface area (Å²) in [5, 5.41) is 0. The molecule has 0 radical (unpaired) electrons. The Bertz CT molecular complexity index is 115. The van der Waals surface area contributed by atoms with Gasteiger partial charge in [-0.05, 0) is 21.1 Å². The van der Waals surface area contributed by atoms with Gasteiger partial charge >= 0.3 is 0 Å². The van der Waals surface area contributed by atoms with Crippen LogP contribution in [-0.4, -0.2) is 57.2 Å². The molecule has 0 saturated heterocycles. The van der Waals surface area contributed by atoms with Crippen molar-refractivity contribution in [1.82, 2.24) is 9.80 Å². The van der Waals surface area contributed by atoms with Gasteiger partial charge in [-0.2, -0.15) is 0 Å². The number of hydrogen-bond acceptors (Lipinski definition) is 3. The quantitative estimate of drug-likeness (QED) is 0.414. The molecule has 0 N–H and O–H groups in total. The van der Waals surface area contributed by atoms with Gasteiger partial charge in [0.2, 0.25) is 0 Å². The summed E-state index contributed by atoms with van der Waals surface area (Å²) in [6, 6.07) is 0. The molecule has 0 heterocycles. The molecule has 0 unspecified atom stereocenters. The first-order valence-corrected chi connectivity index (χ1v) is 4.22. The molecule has 0 spiro atoms. The fourth-order valence-electron chi connectivity index (χ4n) is 0.774. The lowest BCUT2D eigenvalue weighted by molar-refractivity contribution is 0.189. The average Bonchev–Trinajstić information content (AvgIpc) is 2.01. The summed E-state index contributed by atoms with van der Waals surface area (Å²) in [7, 11) is 6.25. The van der Waals surface area contributed by atoms with Gasteiger partial charge in [-0.1, -0.05) is 6.58 Å². The van der Waals surface area contributed by atoms with Crippen molar-refractivity contribution < 1.29 is 4.74 Å². The zero-order valence-electron chi connectivity index (χ0n) is 8.42. The van der Waals surface area contributed by atoms with E-state index >= 15 is 0 Å². The van der Waals surface area contributed by atoms with E-state index in [9.17, 15) is 0 Å². The molecule has 0 aromatic heterocycles. The van der Waals surface area contributed by atoms with Crippen LogP contribution in [-0.2, 0) is 4.74 Å². The van der Waals surface area contributed by atoms with Crippen molar-refractivity contribution in [2.45, 2.75) is 0 Å². The lowest BCUT2D eigenvalue weighted by Crippen LogP contribution is -2.30. The highest BCUT2D eigenvalue weighted by Gasteiger charge is 1.97. The molecule has 0 atom stereocenters. The molecule has 0 amide bonds. The van der Waals surface area contributed by atoms with Gasteiger partial charge in [0.25, 0.3) is 0 Å². The molecule has 0 aromatic rings. The number of likely N-dealkylation sites (N-methyl/N-ethyl adjacent to an activating group) is 2. The Kier molecular flexibility index (Phi) is 6.81. The topological polar surface area (TPSA) is 15.7 Å². The van der Waals surface area contributed by atoms with E-state index in [4.69, 9.17) is 4.74 Å². The maximum Gasteiger partial charge on any atom is 0.0999 e. The van der Waals surface area contributed by atoms with Crippen LogP contribution >= 0.6 is 0 Å². The third-order valence-corrected chi connectivity index (χ3v) is 1.64. The van der Waals surface area contributed by atoms with E-state index in [1.165, 1.54) is 6.26 Å². The van der Waals surface area contributed by atoms with Crippen LogP contribution < -0.4 is 0 Å². The van der Waals surface area contributed by atoms with Crippen LogP contribution in [0.5, 0.6) is 0 Å². The number of ether oxygens (including phenoxy) is 1. The number of rotatable bonds is 7. The van der Waals surface area contributed by atoms with Crippen LogP contribution in [0.4, 0.5) is 0 Å². The summed E-state index contributed by atoms with van der Waals surface area (Å²) in [4.78, 5) is 4.41. The fourth-order valence-corrected chi connectivity index (χ4v) is 0.774. The summed E-state index contributed by atoms with van der Waals surface area (Å²) in [6.45, 7) is 7.34. The van der Waals surface area contributed by atoms with Crippen LogP contribution in [0, 0.1) is 0 Å². The highest BCUT2D eigenvalue weighted by molar-refractivity contribution is 4.55. The first kappa shape index (κ1) is 11.5. The van der Waals surface area contributed by atoms with Crippen LogP contribution in [0.15, 0.2) is 12.8 Å². The molecule has 3 heteroatoms. The van der Waals surface area contributed by atoms with Crippen molar-refractivity contribution in [3.8, 4) is 0 Å². The molecule has 12 heavy (non-hydrogen) atoms. The van der Waals surface area contributed by atoms with Gasteiger partial charge in [-0.25, -0.2) is 0 Å². The molecule has 0 aliphatic rings. The van der Waals surface area contributed by atoms with Crippen molar-refractivity contribution in [3.63, 3.8) is 0 Å². The standard InChI is InChI=1S/C9H20N2O/c1-5-12-9-8-11(4)7-6-10(2)3/h5H,1,6-9H2,2-4H3. The van der Waals surface area contributed by atoms with Crippen LogP contribution in [0.2, 0.25) is 0 Å². The Morgan fingerprint density at radius 2 is 1.83 bits per heavy atom. The second kappa shape index (κ2) is 7.13. The predicted molar refractivity (Wildman–Crippen MR) is 52.2 cm³/mol. The van der Waals surface area contributed by atoms with Gasteiger partial charge in [0, 0.05) is 19.6 Å². The van der Waals surface area contributed by atoms with Gasteiger partial charge in [-0.15, -0.1) is 0 Å². The number of hydrogen-bond donors (Lipinski definition) is 0. The molecular weight excluding hydrogens is 152 g/mol. The maximum absolute atomic E-state index is 5.02. The van der Waals surface area contributed by atoms with Crippen LogP contribution in [0.25, 0.3) is 0 Å². The SMILES string of the molecule is C=COCCN(C)CCN(C)C. The molecule has 3 nitrogen and oxygen atoms in total. The molecule has 0 saturated carbocycles. The third-order valence-electron chi connectivity index (χ3n) is 1.64. The van der Waals surface area contributed by atoms with Crippen molar-refractivity contribution in [1.29, 1.82) is 0 Å². The smallest absolute Gasteiger partial charge is 0.0999 e. The third kappa shape index (κ3) is 7.57. The maximum atomic E-state index is 5.02. The average molecular weight is 172 g/mol. The summed E-state index contributed by atoms with van der Waals surface area (Å²) >= 11 is 0. The van der Waals surface area contributed by atoms with Crippen LogP contribution in [0.3, 0.4) is 0 Å². The van der Waals surface area contributed by atoms with Gasteiger partial charge in [-0.3, -0.25) is 0 Å². The second-order valence-corrected chi connectivity index (χ2v) is 3.14. The summed E-state index contributed by atoms with van der Waals surface area (Å²) in [5.74, 6) is 0. The highest BCUT2D eigenvalue weighted by atomic mass is 16.5. The zero-order valence-corrected chi connectivity index (χ0v) is 8.42. The summed E-state index contributed by atoms with van der Waals surface area (Å²) in [6.07, 6.45) is 1.49. The molecule has 72 valence electrons. The van der Waals surface area contributed by atoms with Crippen molar-refractivity contribution in [2.24, 2.45) is 0 Å². The van der Waals surface area contributed by atoms with E-state index in [2.05, 4.69) is 37.5 Å².